The number of carbonyl (C=O) groups excluding carboxylic acids is 1. The second-order valence-electron chi connectivity index (χ2n) is 6.92. The molecular formula is C21H25FN6O. The molecule has 1 aromatic heterocycles. The van der Waals surface area contributed by atoms with Gasteiger partial charge in [0.1, 0.15) is 17.7 Å². The molecule has 0 aliphatic rings. The summed E-state index contributed by atoms with van der Waals surface area (Å²) in [7, 11) is 2.02. The van der Waals surface area contributed by atoms with Crippen LogP contribution in [0.2, 0.25) is 0 Å². The second kappa shape index (κ2) is 9.77. The number of aryl methyl sites for hydroxylation is 1. The molecule has 0 saturated heterocycles. The summed E-state index contributed by atoms with van der Waals surface area (Å²) in [6, 6.07) is 15.7. The zero-order valence-electron chi connectivity index (χ0n) is 16.6. The molecule has 0 spiro atoms. The molecule has 0 fully saturated rings. The summed E-state index contributed by atoms with van der Waals surface area (Å²) in [6.07, 6.45) is 1.10. The van der Waals surface area contributed by atoms with Crippen molar-refractivity contribution in [1.82, 2.24) is 25.5 Å². The molecule has 2 aromatic carbocycles. The predicted molar refractivity (Wildman–Crippen MR) is 109 cm³/mol. The summed E-state index contributed by atoms with van der Waals surface area (Å²) in [5.74, 6) is 0.0106. The Morgan fingerprint density at radius 1 is 1.21 bits per heavy atom. The lowest BCUT2D eigenvalue weighted by molar-refractivity contribution is -0.124. The third-order valence-electron chi connectivity index (χ3n) is 4.74. The van der Waals surface area contributed by atoms with Crippen LogP contribution in [-0.2, 0) is 11.2 Å². The maximum Gasteiger partial charge on any atom is 0.245 e. The van der Waals surface area contributed by atoms with Gasteiger partial charge in [0.25, 0.3) is 0 Å². The van der Waals surface area contributed by atoms with Gasteiger partial charge in [0.2, 0.25) is 5.91 Å². The maximum atomic E-state index is 13.6. The van der Waals surface area contributed by atoms with Gasteiger partial charge >= 0.3 is 0 Å². The molecule has 1 atom stereocenters. The van der Waals surface area contributed by atoms with Crippen LogP contribution in [-0.4, -0.2) is 46.3 Å². The van der Waals surface area contributed by atoms with E-state index in [1.54, 1.807) is 19.1 Å². The Balaban J connectivity index is 1.59. The lowest BCUT2D eigenvalue weighted by Crippen LogP contribution is -2.36. The van der Waals surface area contributed by atoms with Crippen LogP contribution >= 0.6 is 0 Å². The lowest BCUT2D eigenvalue weighted by Gasteiger charge is -2.20. The Bertz CT molecular complexity index is 930. The Kier molecular flexibility index (Phi) is 6.89. The van der Waals surface area contributed by atoms with Gasteiger partial charge in [0, 0.05) is 32.2 Å². The largest absolute Gasteiger partial charge is 0.375 e. The quantitative estimate of drug-likeness (QED) is 0.563. The fourth-order valence-corrected chi connectivity index (χ4v) is 3.16. The van der Waals surface area contributed by atoms with Crippen LogP contribution in [0.1, 0.15) is 23.9 Å². The highest BCUT2D eigenvalue weighted by atomic mass is 19.1. The van der Waals surface area contributed by atoms with E-state index in [1.165, 1.54) is 16.8 Å². The molecule has 0 radical (unpaired) electrons. The van der Waals surface area contributed by atoms with Crippen LogP contribution in [0, 0.1) is 12.7 Å². The Morgan fingerprint density at radius 3 is 2.69 bits per heavy atom. The number of carbonyl (C=O) groups is 1. The van der Waals surface area contributed by atoms with Crippen molar-refractivity contribution in [2.24, 2.45) is 0 Å². The van der Waals surface area contributed by atoms with Crippen LogP contribution in [0.5, 0.6) is 0 Å². The second-order valence-corrected chi connectivity index (χ2v) is 6.92. The van der Waals surface area contributed by atoms with Crippen molar-refractivity contribution in [3.8, 4) is 0 Å². The van der Waals surface area contributed by atoms with E-state index >= 15 is 0 Å². The zero-order chi connectivity index (χ0) is 20.6. The number of anilines is 1. The van der Waals surface area contributed by atoms with Gasteiger partial charge in [-0.3, -0.25) is 4.79 Å². The van der Waals surface area contributed by atoms with Crippen molar-refractivity contribution in [3.63, 3.8) is 0 Å². The lowest BCUT2D eigenvalue weighted by atomic mass is 10.0. The third-order valence-corrected chi connectivity index (χ3v) is 4.74. The van der Waals surface area contributed by atoms with Crippen LogP contribution in [0.3, 0.4) is 0 Å². The van der Waals surface area contributed by atoms with Crippen LogP contribution < -0.4 is 10.2 Å². The third kappa shape index (κ3) is 5.60. The number of nitrogens with one attached hydrogen (secondary N) is 1. The molecule has 1 amide bonds. The summed E-state index contributed by atoms with van der Waals surface area (Å²) in [5, 5.41) is 14.4. The van der Waals surface area contributed by atoms with Gasteiger partial charge < -0.3 is 10.2 Å². The standard InChI is InChI=1S/C21H25FN6O/c1-16-24-25-26-28(16)20(15-17-8-6-9-18(22)14-17)21(29)23-12-7-13-27(2)19-10-4-3-5-11-19/h3-6,8-11,14,20H,7,12-13,15H2,1-2H3,(H,23,29). The normalized spacial score (nSPS) is 11.8. The molecule has 1 heterocycles. The van der Waals surface area contributed by atoms with Crippen LogP contribution in [0.25, 0.3) is 0 Å². The van der Waals surface area contributed by atoms with E-state index in [-0.39, 0.29) is 11.7 Å². The summed E-state index contributed by atoms with van der Waals surface area (Å²) >= 11 is 0. The van der Waals surface area contributed by atoms with E-state index in [9.17, 15) is 9.18 Å². The number of hydrogen-bond donors (Lipinski definition) is 1. The molecule has 8 heteroatoms. The minimum atomic E-state index is -0.640. The highest BCUT2D eigenvalue weighted by Gasteiger charge is 2.24. The van der Waals surface area contributed by atoms with Crippen molar-refractivity contribution < 1.29 is 9.18 Å². The van der Waals surface area contributed by atoms with Gasteiger partial charge in [-0.05, 0) is 53.6 Å². The fourth-order valence-electron chi connectivity index (χ4n) is 3.16. The number of benzene rings is 2. The van der Waals surface area contributed by atoms with Crippen molar-refractivity contribution in [1.29, 1.82) is 0 Å². The van der Waals surface area contributed by atoms with Gasteiger partial charge in [0.15, 0.2) is 0 Å². The minimum absolute atomic E-state index is 0.188. The maximum absolute atomic E-state index is 13.6. The molecule has 0 bridgehead atoms. The monoisotopic (exact) mass is 396 g/mol. The summed E-state index contributed by atoms with van der Waals surface area (Å²) in [4.78, 5) is 15.0. The van der Waals surface area contributed by atoms with Crippen molar-refractivity contribution in [2.45, 2.75) is 25.8 Å². The number of hydrogen-bond acceptors (Lipinski definition) is 5. The van der Waals surface area contributed by atoms with E-state index in [1.807, 2.05) is 37.4 Å². The number of tetrazole rings is 1. The summed E-state index contributed by atoms with van der Waals surface area (Å²) in [6.45, 7) is 3.07. The van der Waals surface area contributed by atoms with Crippen molar-refractivity contribution >= 4 is 11.6 Å². The number of nitrogens with zero attached hydrogens (tertiary/aromatic N) is 5. The van der Waals surface area contributed by atoms with Crippen LogP contribution in [0.4, 0.5) is 10.1 Å². The molecule has 152 valence electrons. The first-order chi connectivity index (χ1) is 14.0. The Labute approximate surface area is 169 Å². The SMILES string of the molecule is Cc1nnnn1C(Cc1cccc(F)c1)C(=O)NCCCN(C)c1ccccc1. The van der Waals surface area contributed by atoms with Gasteiger partial charge in [-0.1, -0.05) is 30.3 Å². The number of halogens is 1. The van der Waals surface area contributed by atoms with E-state index in [4.69, 9.17) is 0 Å². The summed E-state index contributed by atoms with van der Waals surface area (Å²) < 4.78 is 15.0. The van der Waals surface area contributed by atoms with E-state index in [2.05, 4.69) is 25.7 Å². The van der Waals surface area contributed by atoms with Gasteiger partial charge in [-0.15, -0.1) is 5.10 Å². The number of para-hydroxylation sites is 1. The van der Waals surface area contributed by atoms with Gasteiger partial charge in [-0.25, -0.2) is 9.07 Å². The molecule has 0 saturated carbocycles. The first-order valence-electron chi connectivity index (χ1n) is 9.57. The van der Waals surface area contributed by atoms with Crippen molar-refractivity contribution in [2.75, 3.05) is 25.0 Å². The van der Waals surface area contributed by atoms with E-state index in [0.717, 1.165) is 18.7 Å². The Morgan fingerprint density at radius 2 is 2.00 bits per heavy atom. The molecule has 7 nitrogen and oxygen atoms in total. The zero-order valence-corrected chi connectivity index (χ0v) is 16.6. The van der Waals surface area contributed by atoms with Crippen LogP contribution in [0.15, 0.2) is 54.6 Å². The molecule has 0 aliphatic heterocycles. The number of rotatable bonds is 9. The van der Waals surface area contributed by atoms with E-state index in [0.29, 0.717) is 24.4 Å². The minimum Gasteiger partial charge on any atom is -0.375 e. The molecule has 1 unspecified atom stereocenters. The Hall–Kier alpha value is -3.29. The smallest absolute Gasteiger partial charge is 0.245 e. The average molecular weight is 396 g/mol. The molecule has 0 aliphatic carbocycles. The van der Waals surface area contributed by atoms with Gasteiger partial charge in [0.05, 0.1) is 0 Å². The highest BCUT2D eigenvalue weighted by molar-refractivity contribution is 5.80. The average Bonchev–Trinajstić information content (AvgIpc) is 3.15. The topological polar surface area (TPSA) is 75.9 Å². The molecule has 3 aromatic rings. The first-order valence-corrected chi connectivity index (χ1v) is 9.57. The first kappa shape index (κ1) is 20.4. The van der Waals surface area contributed by atoms with E-state index < -0.39 is 6.04 Å². The molecule has 3 rings (SSSR count). The fraction of sp³-hybridized carbons (Fsp3) is 0.333. The number of aromatic nitrogens is 4. The van der Waals surface area contributed by atoms with Gasteiger partial charge in [-0.2, -0.15) is 0 Å². The molecule has 29 heavy (non-hydrogen) atoms. The number of amides is 1. The summed E-state index contributed by atoms with van der Waals surface area (Å²) in [5.41, 5.74) is 1.84. The van der Waals surface area contributed by atoms with Crippen molar-refractivity contribution in [3.05, 3.63) is 71.8 Å². The molecular weight excluding hydrogens is 371 g/mol. The predicted octanol–water partition coefficient (Wildman–Crippen LogP) is 2.55. The highest BCUT2D eigenvalue weighted by Crippen LogP contribution is 2.16. The molecule has 1 N–H and O–H groups in total.